The molecule has 4 nitrogen and oxygen atoms in total. The molecule has 0 bridgehead atoms. The number of halogens is 2. The summed E-state index contributed by atoms with van der Waals surface area (Å²) in [6.07, 6.45) is -1.87. The van der Waals surface area contributed by atoms with Crippen molar-refractivity contribution in [1.29, 1.82) is 0 Å². The molecular formula is C14H22F2N2O2S. The molecule has 0 heterocycles. The molecule has 0 radical (unpaired) electrons. The summed E-state index contributed by atoms with van der Waals surface area (Å²) in [7, 11) is -0.699. The summed E-state index contributed by atoms with van der Waals surface area (Å²) in [4.78, 5) is 0.0864. The number of hydrogen-bond donors (Lipinski definition) is 1. The molecule has 0 aliphatic rings. The second kappa shape index (κ2) is 6.81. The monoisotopic (exact) mass is 320 g/mol. The van der Waals surface area contributed by atoms with E-state index in [4.69, 9.17) is 0 Å². The zero-order valence-corrected chi connectivity index (χ0v) is 13.5. The lowest BCUT2D eigenvalue weighted by atomic mass is 9.92. The Balaban J connectivity index is 3.15. The predicted octanol–water partition coefficient (Wildman–Crippen LogP) is 2.42. The van der Waals surface area contributed by atoms with Crippen LogP contribution in [-0.2, 0) is 15.6 Å². The SMILES string of the molecule is CCCNC(C)(c1ccc(S(=O)(=O)N(C)C)cc1)C(F)F. The van der Waals surface area contributed by atoms with E-state index in [0.29, 0.717) is 12.1 Å². The number of sulfonamides is 1. The van der Waals surface area contributed by atoms with Gasteiger partial charge in [0.15, 0.2) is 0 Å². The highest BCUT2D eigenvalue weighted by atomic mass is 32.2. The Morgan fingerprint density at radius 3 is 2.14 bits per heavy atom. The van der Waals surface area contributed by atoms with Gasteiger partial charge in [-0.15, -0.1) is 0 Å². The summed E-state index contributed by atoms with van der Waals surface area (Å²) >= 11 is 0. The van der Waals surface area contributed by atoms with E-state index in [2.05, 4.69) is 5.32 Å². The van der Waals surface area contributed by atoms with Crippen molar-refractivity contribution in [3.05, 3.63) is 29.8 Å². The van der Waals surface area contributed by atoms with Crippen LogP contribution in [0.1, 0.15) is 25.8 Å². The number of benzene rings is 1. The van der Waals surface area contributed by atoms with E-state index in [1.807, 2.05) is 6.92 Å². The molecule has 0 spiro atoms. The maximum absolute atomic E-state index is 13.4. The van der Waals surface area contributed by atoms with Crippen molar-refractivity contribution in [3.63, 3.8) is 0 Å². The summed E-state index contributed by atoms with van der Waals surface area (Å²) < 4.78 is 51.7. The minimum atomic E-state index is -3.55. The van der Waals surface area contributed by atoms with Crippen molar-refractivity contribution in [1.82, 2.24) is 9.62 Å². The molecule has 1 unspecified atom stereocenters. The molecule has 21 heavy (non-hydrogen) atoms. The van der Waals surface area contributed by atoms with Gasteiger partial charge in [0.2, 0.25) is 10.0 Å². The number of nitrogens with zero attached hydrogens (tertiary/aromatic N) is 1. The number of alkyl halides is 2. The van der Waals surface area contributed by atoms with Crippen molar-refractivity contribution in [2.75, 3.05) is 20.6 Å². The Hall–Kier alpha value is -1.05. The average molecular weight is 320 g/mol. The summed E-state index contributed by atoms with van der Waals surface area (Å²) in [5.41, 5.74) is -1.13. The second-order valence-electron chi connectivity index (χ2n) is 5.24. The number of nitrogens with one attached hydrogen (secondary N) is 1. The maximum atomic E-state index is 13.4. The van der Waals surface area contributed by atoms with Gasteiger partial charge in [0.1, 0.15) is 5.54 Å². The van der Waals surface area contributed by atoms with E-state index in [9.17, 15) is 17.2 Å². The standard InChI is InChI=1S/C14H22F2N2O2S/c1-5-10-17-14(2,13(15)16)11-6-8-12(9-7-11)21(19,20)18(3)4/h6-9,13,17H,5,10H2,1-4H3. The Labute approximate surface area is 125 Å². The van der Waals surface area contributed by atoms with Crippen LogP contribution in [0.25, 0.3) is 0 Å². The minimum absolute atomic E-state index is 0.0864. The Morgan fingerprint density at radius 2 is 1.76 bits per heavy atom. The Kier molecular flexibility index (Phi) is 5.83. The highest BCUT2D eigenvalue weighted by Crippen LogP contribution is 2.29. The van der Waals surface area contributed by atoms with Crippen LogP contribution in [0.3, 0.4) is 0 Å². The first-order valence-electron chi connectivity index (χ1n) is 6.72. The molecule has 0 fully saturated rings. The third-order valence-electron chi connectivity index (χ3n) is 3.41. The summed E-state index contributed by atoms with van der Waals surface area (Å²) in [6, 6.07) is 5.59. The van der Waals surface area contributed by atoms with Crippen LogP contribution in [0.2, 0.25) is 0 Å². The zero-order valence-electron chi connectivity index (χ0n) is 12.7. The predicted molar refractivity (Wildman–Crippen MR) is 79.0 cm³/mol. The summed E-state index contributed by atoms with van der Waals surface area (Å²) in [6.45, 7) is 3.77. The van der Waals surface area contributed by atoms with Crippen molar-refractivity contribution >= 4 is 10.0 Å². The van der Waals surface area contributed by atoms with Gasteiger partial charge in [-0.2, -0.15) is 0 Å². The summed E-state index contributed by atoms with van der Waals surface area (Å²) in [5, 5.41) is 2.83. The molecule has 120 valence electrons. The van der Waals surface area contributed by atoms with Crippen LogP contribution in [0.4, 0.5) is 8.78 Å². The first-order chi connectivity index (χ1) is 9.66. The quantitative estimate of drug-likeness (QED) is 0.839. The highest BCUT2D eigenvalue weighted by molar-refractivity contribution is 7.89. The van der Waals surface area contributed by atoms with Gasteiger partial charge in [0, 0.05) is 14.1 Å². The van der Waals surface area contributed by atoms with E-state index >= 15 is 0 Å². The van der Waals surface area contributed by atoms with Gasteiger partial charge >= 0.3 is 0 Å². The minimum Gasteiger partial charge on any atom is -0.303 e. The molecule has 1 rings (SSSR count). The molecule has 1 N–H and O–H groups in total. The number of rotatable bonds is 7. The average Bonchev–Trinajstić information content (AvgIpc) is 2.44. The molecule has 0 amide bonds. The molecule has 0 aromatic heterocycles. The van der Waals surface area contributed by atoms with E-state index < -0.39 is 22.0 Å². The fourth-order valence-corrected chi connectivity index (χ4v) is 2.78. The molecule has 0 aliphatic heterocycles. The van der Waals surface area contributed by atoms with Gasteiger partial charge in [-0.1, -0.05) is 19.1 Å². The Bertz CT molecular complexity index is 559. The smallest absolute Gasteiger partial charge is 0.260 e. The molecule has 0 saturated heterocycles. The first kappa shape index (κ1) is 18.0. The van der Waals surface area contributed by atoms with Crippen molar-refractivity contribution < 1.29 is 17.2 Å². The van der Waals surface area contributed by atoms with E-state index in [0.717, 1.165) is 10.7 Å². The third-order valence-corrected chi connectivity index (χ3v) is 5.24. The molecule has 1 aromatic carbocycles. The van der Waals surface area contributed by atoms with Crippen molar-refractivity contribution in [2.45, 2.75) is 37.1 Å². The Morgan fingerprint density at radius 1 is 1.24 bits per heavy atom. The van der Waals surface area contributed by atoms with Gasteiger partial charge < -0.3 is 5.32 Å². The highest BCUT2D eigenvalue weighted by Gasteiger charge is 2.36. The first-order valence-corrected chi connectivity index (χ1v) is 8.16. The van der Waals surface area contributed by atoms with Gasteiger partial charge in [-0.05, 0) is 37.6 Å². The van der Waals surface area contributed by atoms with Gasteiger partial charge in [0.25, 0.3) is 6.43 Å². The zero-order chi connectivity index (χ0) is 16.3. The van der Waals surface area contributed by atoms with Crippen LogP contribution in [0.15, 0.2) is 29.2 Å². The molecular weight excluding hydrogens is 298 g/mol. The third kappa shape index (κ3) is 3.78. The van der Waals surface area contributed by atoms with Gasteiger partial charge in [-0.25, -0.2) is 21.5 Å². The van der Waals surface area contributed by atoms with Crippen molar-refractivity contribution in [3.8, 4) is 0 Å². The van der Waals surface area contributed by atoms with E-state index in [1.165, 1.54) is 45.3 Å². The van der Waals surface area contributed by atoms with Crippen LogP contribution in [0, 0.1) is 0 Å². The maximum Gasteiger partial charge on any atom is 0.260 e. The van der Waals surface area contributed by atoms with Gasteiger partial charge in [0.05, 0.1) is 4.90 Å². The fraction of sp³-hybridized carbons (Fsp3) is 0.571. The number of hydrogen-bond acceptors (Lipinski definition) is 3. The second-order valence-corrected chi connectivity index (χ2v) is 7.39. The molecule has 7 heteroatoms. The molecule has 0 saturated carbocycles. The lowest BCUT2D eigenvalue weighted by molar-refractivity contribution is 0.0385. The normalized spacial score (nSPS) is 15.4. The van der Waals surface area contributed by atoms with Crippen LogP contribution < -0.4 is 5.32 Å². The molecule has 1 aromatic rings. The van der Waals surface area contributed by atoms with E-state index in [1.54, 1.807) is 0 Å². The molecule has 1 atom stereocenters. The van der Waals surface area contributed by atoms with Crippen LogP contribution in [0.5, 0.6) is 0 Å². The lowest BCUT2D eigenvalue weighted by Gasteiger charge is -2.31. The summed E-state index contributed by atoms with van der Waals surface area (Å²) in [5.74, 6) is 0. The lowest BCUT2D eigenvalue weighted by Crippen LogP contribution is -2.46. The fourth-order valence-electron chi connectivity index (χ4n) is 1.87. The largest absolute Gasteiger partial charge is 0.303 e. The molecule has 0 aliphatic carbocycles. The van der Waals surface area contributed by atoms with Crippen molar-refractivity contribution in [2.24, 2.45) is 0 Å². The van der Waals surface area contributed by atoms with Crippen LogP contribution >= 0.6 is 0 Å². The van der Waals surface area contributed by atoms with Gasteiger partial charge in [-0.3, -0.25) is 0 Å². The van der Waals surface area contributed by atoms with Crippen LogP contribution in [-0.4, -0.2) is 39.8 Å². The van der Waals surface area contributed by atoms with E-state index in [-0.39, 0.29) is 4.90 Å². The topological polar surface area (TPSA) is 49.4 Å².